The number of nitrogens with zero attached hydrogens (tertiary/aromatic N) is 4. The van der Waals surface area contributed by atoms with Crippen molar-refractivity contribution in [3.63, 3.8) is 0 Å². The number of hydrogen-bond donors (Lipinski definition) is 4. The van der Waals surface area contributed by atoms with E-state index >= 15 is 0 Å². The minimum Gasteiger partial charge on any atom is -0.507 e. The van der Waals surface area contributed by atoms with E-state index in [1.165, 1.54) is 12.3 Å². The molecule has 9 heteroatoms. The molecule has 1 aromatic heterocycles. The van der Waals surface area contributed by atoms with Crippen LogP contribution in [0.2, 0.25) is 0 Å². The van der Waals surface area contributed by atoms with Gasteiger partial charge in [0.25, 0.3) is 5.91 Å². The Morgan fingerprint density at radius 1 is 1.23 bits per heavy atom. The molecule has 1 amide bonds. The van der Waals surface area contributed by atoms with E-state index in [1.807, 2.05) is 19.2 Å². The maximum atomic E-state index is 12.6. The Morgan fingerprint density at radius 2 is 1.91 bits per heavy atom. The van der Waals surface area contributed by atoms with Gasteiger partial charge >= 0.3 is 0 Å². The first-order chi connectivity index (χ1) is 16.4. The molecule has 5 N–H and O–H groups in total. The van der Waals surface area contributed by atoms with Crippen LogP contribution in [0.25, 0.3) is 11.3 Å². The number of nitrogens with two attached hydrogens (primary N) is 1. The summed E-state index contributed by atoms with van der Waals surface area (Å²) in [5, 5.41) is 25.7. The summed E-state index contributed by atoms with van der Waals surface area (Å²) >= 11 is 0. The Hall–Kier alpha value is -3.46. The number of amides is 1. The summed E-state index contributed by atoms with van der Waals surface area (Å²) in [7, 11) is 3.68. The lowest BCUT2D eigenvalue weighted by Crippen LogP contribution is -2.62. The minimum atomic E-state index is -0.296. The number of nitrogens with one attached hydrogen (secondary N) is 2. The van der Waals surface area contributed by atoms with Crippen molar-refractivity contribution in [2.75, 3.05) is 25.5 Å². The second kappa shape index (κ2) is 10.4. The number of carbonyl (C=O) groups is 1. The zero-order valence-corrected chi connectivity index (χ0v) is 21.5. The first-order valence-corrected chi connectivity index (χ1v) is 11.7. The molecule has 0 saturated carbocycles. The minimum absolute atomic E-state index is 0.0187. The van der Waals surface area contributed by atoms with Gasteiger partial charge in [0.2, 0.25) is 0 Å². The third-order valence-corrected chi connectivity index (χ3v) is 6.22. The van der Waals surface area contributed by atoms with E-state index in [9.17, 15) is 9.90 Å². The molecule has 9 nitrogen and oxygen atoms in total. The van der Waals surface area contributed by atoms with Crippen molar-refractivity contribution >= 4 is 17.9 Å². The van der Waals surface area contributed by atoms with Gasteiger partial charge in [-0.25, -0.2) is 0 Å². The number of rotatable bonds is 7. The van der Waals surface area contributed by atoms with E-state index in [1.54, 1.807) is 25.4 Å². The molecule has 188 valence electrons. The van der Waals surface area contributed by atoms with Crippen LogP contribution >= 0.6 is 0 Å². The van der Waals surface area contributed by atoms with Crippen molar-refractivity contribution in [1.82, 2.24) is 20.8 Å². The fourth-order valence-corrected chi connectivity index (χ4v) is 4.87. The molecular weight excluding hydrogens is 442 g/mol. The van der Waals surface area contributed by atoms with Gasteiger partial charge in [-0.1, -0.05) is 0 Å². The van der Waals surface area contributed by atoms with Crippen LogP contribution in [0.15, 0.2) is 47.1 Å². The van der Waals surface area contributed by atoms with Crippen LogP contribution < -0.4 is 21.3 Å². The maximum Gasteiger partial charge on any atom is 0.251 e. The van der Waals surface area contributed by atoms with Crippen LogP contribution in [0.5, 0.6) is 5.75 Å². The van der Waals surface area contributed by atoms with Gasteiger partial charge in [-0.2, -0.15) is 0 Å². The normalized spacial score (nSPS) is 17.9. The number of phenols is 1. The van der Waals surface area contributed by atoms with Gasteiger partial charge in [-0.3, -0.25) is 9.79 Å². The monoisotopic (exact) mass is 479 g/mol. The van der Waals surface area contributed by atoms with Crippen molar-refractivity contribution in [3.8, 4) is 17.0 Å². The highest BCUT2D eigenvalue weighted by Gasteiger charge is 2.39. The van der Waals surface area contributed by atoms with E-state index in [4.69, 9.17) is 5.73 Å². The topological polar surface area (TPSA) is 129 Å². The van der Waals surface area contributed by atoms with E-state index in [2.05, 4.69) is 58.4 Å². The SMILES string of the molecule is CN=CC(=CN)CNC(=O)c1ccc(O)c(-c2ccc(N(C)C3CC(C)(C)NC(C)(C)C3)nn2)c1. The molecule has 0 aliphatic carbocycles. The largest absolute Gasteiger partial charge is 0.507 e. The number of aromatic nitrogens is 2. The standard InChI is InChI=1S/C26H37N7O2/c1-25(2)12-19(13-26(3,4)32-25)33(6)23-10-8-21(30-31-23)20-11-18(7-9-22(20)34)24(35)29-16-17(14-27)15-28-5/h7-11,14-15,19,32,34H,12-13,16,27H2,1-6H3,(H,29,35). The summed E-state index contributed by atoms with van der Waals surface area (Å²) in [6.45, 7) is 9.13. The van der Waals surface area contributed by atoms with Crippen molar-refractivity contribution < 1.29 is 9.90 Å². The molecule has 0 bridgehead atoms. The zero-order valence-electron chi connectivity index (χ0n) is 21.5. The van der Waals surface area contributed by atoms with Crippen LogP contribution in [0.1, 0.15) is 50.9 Å². The third-order valence-electron chi connectivity index (χ3n) is 6.22. The molecule has 2 aromatic rings. The van der Waals surface area contributed by atoms with E-state index in [0.717, 1.165) is 18.7 Å². The number of hydrogen-bond acceptors (Lipinski definition) is 8. The van der Waals surface area contributed by atoms with Crippen LogP contribution in [0.3, 0.4) is 0 Å². The lowest BCUT2D eigenvalue weighted by molar-refractivity contribution is 0.0957. The lowest BCUT2D eigenvalue weighted by atomic mass is 9.79. The Bertz CT molecular complexity index is 1090. The molecule has 3 rings (SSSR count). The Kier molecular flexibility index (Phi) is 7.80. The highest BCUT2D eigenvalue weighted by Crippen LogP contribution is 2.33. The summed E-state index contributed by atoms with van der Waals surface area (Å²) in [5.74, 6) is 0.495. The van der Waals surface area contributed by atoms with Gasteiger partial charge in [0, 0.05) is 66.9 Å². The van der Waals surface area contributed by atoms with Crippen molar-refractivity contribution in [2.45, 2.75) is 57.7 Å². The number of benzene rings is 1. The fraction of sp³-hybridized carbons (Fsp3) is 0.462. The Balaban J connectivity index is 1.77. The molecule has 1 aromatic carbocycles. The van der Waals surface area contributed by atoms with E-state index < -0.39 is 0 Å². The molecule has 1 aliphatic rings. The first kappa shape index (κ1) is 26.2. The second-order valence-corrected chi connectivity index (χ2v) is 10.4. The lowest BCUT2D eigenvalue weighted by Gasteiger charge is -2.49. The highest BCUT2D eigenvalue weighted by molar-refractivity contribution is 5.96. The number of anilines is 1. The van der Waals surface area contributed by atoms with Crippen molar-refractivity contribution in [3.05, 3.63) is 47.7 Å². The van der Waals surface area contributed by atoms with Crippen molar-refractivity contribution in [2.24, 2.45) is 10.7 Å². The van der Waals surface area contributed by atoms with Gasteiger partial charge in [-0.15, -0.1) is 10.2 Å². The molecule has 35 heavy (non-hydrogen) atoms. The maximum absolute atomic E-state index is 12.6. The van der Waals surface area contributed by atoms with Crippen LogP contribution in [-0.4, -0.2) is 65.2 Å². The van der Waals surface area contributed by atoms with Gasteiger partial charge in [0.1, 0.15) is 5.75 Å². The van der Waals surface area contributed by atoms with E-state index in [-0.39, 0.29) is 29.3 Å². The summed E-state index contributed by atoms with van der Waals surface area (Å²) in [6, 6.07) is 8.68. The predicted molar refractivity (Wildman–Crippen MR) is 141 cm³/mol. The van der Waals surface area contributed by atoms with E-state index in [0.29, 0.717) is 28.4 Å². The number of carbonyl (C=O) groups excluding carboxylic acids is 1. The third kappa shape index (κ3) is 6.57. The number of aromatic hydroxyl groups is 1. The number of aliphatic imine (C=N–C) groups is 1. The molecule has 0 radical (unpaired) electrons. The van der Waals surface area contributed by atoms with Gasteiger partial charge in [0.05, 0.1) is 5.69 Å². The van der Waals surface area contributed by atoms with Crippen LogP contribution in [0, 0.1) is 0 Å². The predicted octanol–water partition coefficient (Wildman–Crippen LogP) is 2.87. The first-order valence-electron chi connectivity index (χ1n) is 11.7. The fourth-order valence-electron chi connectivity index (χ4n) is 4.87. The molecular formula is C26H37N7O2. The second-order valence-electron chi connectivity index (χ2n) is 10.4. The Morgan fingerprint density at radius 3 is 2.49 bits per heavy atom. The summed E-state index contributed by atoms with van der Waals surface area (Å²) in [4.78, 5) is 18.7. The van der Waals surface area contributed by atoms with Gasteiger partial charge < -0.3 is 26.4 Å². The van der Waals surface area contributed by atoms with Crippen molar-refractivity contribution in [1.29, 1.82) is 0 Å². The average Bonchev–Trinajstić information content (AvgIpc) is 2.79. The van der Waals surface area contributed by atoms with Gasteiger partial charge in [-0.05, 0) is 70.9 Å². The highest BCUT2D eigenvalue weighted by atomic mass is 16.3. The number of phenolic OH excluding ortho intramolecular Hbond substituents is 1. The molecule has 2 heterocycles. The quantitative estimate of drug-likeness (QED) is 0.450. The number of piperidine rings is 1. The molecule has 1 saturated heterocycles. The average molecular weight is 480 g/mol. The molecule has 0 atom stereocenters. The molecule has 1 aliphatic heterocycles. The Labute approximate surface area is 207 Å². The zero-order chi connectivity index (χ0) is 25.8. The molecule has 1 fully saturated rings. The van der Waals surface area contributed by atoms with Crippen LogP contribution in [0.4, 0.5) is 5.82 Å². The van der Waals surface area contributed by atoms with Crippen LogP contribution in [-0.2, 0) is 0 Å². The summed E-state index contributed by atoms with van der Waals surface area (Å²) < 4.78 is 0. The van der Waals surface area contributed by atoms with Gasteiger partial charge in [0.15, 0.2) is 5.82 Å². The summed E-state index contributed by atoms with van der Waals surface area (Å²) in [6.07, 6.45) is 4.96. The smallest absolute Gasteiger partial charge is 0.251 e. The molecule has 0 unspecified atom stereocenters. The summed E-state index contributed by atoms with van der Waals surface area (Å²) in [5.41, 5.74) is 7.59. The molecule has 0 spiro atoms.